The predicted octanol–water partition coefficient (Wildman–Crippen LogP) is 16.9. The number of carbonyl (C=O) groups excluding carboxylic acids is 4. The van der Waals surface area contributed by atoms with Crippen molar-refractivity contribution in [3.05, 3.63) is 256 Å². The summed E-state index contributed by atoms with van der Waals surface area (Å²) in [4.78, 5) is 54.2. The van der Waals surface area contributed by atoms with Gasteiger partial charge < -0.3 is 21.8 Å². The van der Waals surface area contributed by atoms with Crippen molar-refractivity contribution in [1.29, 1.82) is 0 Å². The molecular formula is C60H51Br4Cl3N6O4. The summed E-state index contributed by atoms with van der Waals surface area (Å²) in [6.45, 7) is 2.55. The third kappa shape index (κ3) is 20.0. The molecule has 0 spiro atoms. The second-order valence-corrected chi connectivity index (χ2v) is 21.0. The van der Waals surface area contributed by atoms with E-state index >= 15 is 0 Å². The van der Waals surface area contributed by atoms with Crippen LogP contribution >= 0.6 is 98.5 Å². The molecule has 0 amide bonds. The van der Waals surface area contributed by atoms with Crippen LogP contribution < -0.4 is 17.2 Å². The van der Waals surface area contributed by atoms with Crippen LogP contribution in [0.1, 0.15) is 72.6 Å². The number of carbonyl (C=O) groups is 4. The average Bonchev–Trinajstić information content (AvgIpc) is 3.85. The largest absolute Gasteiger partial charge is 0.384 e. The fourth-order valence-corrected chi connectivity index (χ4v) is 8.92. The molecule has 0 aliphatic rings. The number of alkyl halides is 1. The highest BCUT2D eigenvalue weighted by molar-refractivity contribution is 9.11. The number of anilines is 2. The fourth-order valence-electron chi connectivity index (χ4n) is 7.06. The number of hydrogen-bond acceptors (Lipinski definition) is 9. The molecule has 6 N–H and O–H groups in total. The van der Waals surface area contributed by atoms with Crippen LogP contribution in [-0.4, -0.2) is 43.0 Å². The lowest BCUT2D eigenvalue weighted by Crippen LogP contribution is -2.06. The van der Waals surface area contributed by atoms with Crippen molar-refractivity contribution < 1.29 is 19.2 Å². The van der Waals surface area contributed by atoms with E-state index in [4.69, 9.17) is 52.0 Å². The zero-order valence-corrected chi connectivity index (χ0v) is 50.0. The number of halogens is 7. The van der Waals surface area contributed by atoms with Crippen LogP contribution in [0.25, 0.3) is 22.5 Å². The van der Waals surface area contributed by atoms with Gasteiger partial charge in [-0.25, -0.2) is 9.97 Å². The van der Waals surface area contributed by atoms with E-state index in [0.717, 1.165) is 57.9 Å². The van der Waals surface area contributed by atoms with Crippen molar-refractivity contribution in [1.82, 2.24) is 14.5 Å². The maximum atomic E-state index is 12.0. The number of nitrogens with zero attached hydrogens (tertiary/aromatic N) is 3. The van der Waals surface area contributed by atoms with Crippen LogP contribution in [0.4, 0.5) is 11.6 Å². The average molecular weight is 1350 g/mol. The van der Waals surface area contributed by atoms with Gasteiger partial charge in [0.15, 0.2) is 23.1 Å². The normalized spacial score (nSPS) is 10.2. The van der Waals surface area contributed by atoms with Gasteiger partial charge in [0, 0.05) is 71.3 Å². The Morgan fingerprint density at radius 2 is 0.922 bits per heavy atom. The number of ketones is 4. The zero-order valence-electron chi connectivity index (χ0n) is 41.4. The summed E-state index contributed by atoms with van der Waals surface area (Å²) >= 11 is 31.4. The smallest absolute Gasteiger partial charge is 0.173 e. The number of pyridine rings is 2. The Bertz CT molecular complexity index is 3400. The van der Waals surface area contributed by atoms with E-state index in [2.05, 4.69) is 103 Å². The SMILES string of the molecule is CC(=O)c1ccccc1Cl.NCc1cccc(N)n1.Nc1cccc(Cn2c(-c3ccc(Br)cc3)ccc2-c2ccccc2Cl)n1.O=C(CBr)c1ccc(Br)cc1.O=C(CCC(=O)c1ccccc1Cl)c1ccc(Br)cc1. The highest BCUT2D eigenvalue weighted by Gasteiger charge is 2.16. The molecule has 6 aromatic carbocycles. The lowest BCUT2D eigenvalue weighted by Gasteiger charge is -2.15. The molecule has 17 heteroatoms. The summed E-state index contributed by atoms with van der Waals surface area (Å²) < 4.78 is 5.18. The first kappa shape index (κ1) is 61.8. The van der Waals surface area contributed by atoms with Crippen molar-refractivity contribution in [2.75, 3.05) is 16.8 Å². The van der Waals surface area contributed by atoms with Gasteiger partial charge >= 0.3 is 0 Å². The van der Waals surface area contributed by atoms with Crippen molar-refractivity contribution in [2.45, 2.75) is 32.9 Å². The van der Waals surface area contributed by atoms with Crippen molar-refractivity contribution in [3.63, 3.8) is 0 Å². The summed E-state index contributed by atoms with van der Waals surface area (Å²) in [7, 11) is 0. The van der Waals surface area contributed by atoms with Crippen LogP contribution in [-0.2, 0) is 13.1 Å². The second-order valence-electron chi connectivity index (χ2n) is 16.4. The first-order chi connectivity index (χ1) is 37.0. The summed E-state index contributed by atoms with van der Waals surface area (Å²) in [6, 6.07) is 59.8. The van der Waals surface area contributed by atoms with Crippen LogP contribution in [0.2, 0.25) is 15.1 Å². The van der Waals surface area contributed by atoms with Crippen LogP contribution in [0.3, 0.4) is 0 Å². The Kier molecular flexibility index (Phi) is 25.7. The number of Topliss-reactive ketones (excluding diaryl/α,β-unsaturated/α-hetero) is 4. The van der Waals surface area contributed by atoms with E-state index in [1.165, 1.54) is 6.92 Å². The van der Waals surface area contributed by atoms with Gasteiger partial charge in [-0.15, -0.1) is 0 Å². The van der Waals surface area contributed by atoms with E-state index in [1.807, 2.05) is 84.9 Å². The predicted molar refractivity (Wildman–Crippen MR) is 330 cm³/mol. The van der Waals surface area contributed by atoms with Gasteiger partial charge in [-0.3, -0.25) is 19.2 Å². The number of hydrogen-bond donors (Lipinski definition) is 3. The van der Waals surface area contributed by atoms with Gasteiger partial charge in [0.1, 0.15) is 11.6 Å². The molecule has 0 radical (unpaired) electrons. The van der Waals surface area contributed by atoms with Gasteiger partial charge in [-0.2, -0.15) is 0 Å². The topological polar surface area (TPSA) is 177 Å². The molecule has 3 aromatic heterocycles. The monoisotopic (exact) mass is 1340 g/mol. The quantitative estimate of drug-likeness (QED) is 0.0749. The molecule has 0 saturated heterocycles. The van der Waals surface area contributed by atoms with E-state index in [1.54, 1.807) is 84.9 Å². The first-order valence-electron chi connectivity index (χ1n) is 23.5. The number of benzene rings is 6. The molecular weight excluding hydrogens is 1290 g/mol. The Morgan fingerprint density at radius 3 is 1.39 bits per heavy atom. The number of nitrogen functional groups attached to an aromatic ring is 2. The third-order valence-corrected chi connectivity index (χ3v) is 14.0. The molecule has 77 heavy (non-hydrogen) atoms. The minimum Gasteiger partial charge on any atom is -0.384 e. The summed E-state index contributed by atoms with van der Waals surface area (Å²) in [5.74, 6) is 1.00. The maximum absolute atomic E-state index is 12.0. The Hall–Kier alpha value is -6.07. The summed E-state index contributed by atoms with van der Waals surface area (Å²) in [5, 5.41) is 2.05. The molecule has 0 unspecified atom stereocenters. The molecule has 0 bridgehead atoms. The van der Waals surface area contributed by atoms with Gasteiger partial charge in [0.05, 0.1) is 39.0 Å². The van der Waals surface area contributed by atoms with Gasteiger partial charge in [0.2, 0.25) is 0 Å². The minimum atomic E-state index is -0.110. The molecule has 0 fully saturated rings. The third-order valence-electron chi connectivity index (χ3n) is 10.9. The van der Waals surface area contributed by atoms with Gasteiger partial charge in [-0.1, -0.05) is 190 Å². The highest BCUT2D eigenvalue weighted by atomic mass is 79.9. The standard InChI is InChI=1S/C22H17BrClN3.C16H12BrClO2.C8H6Br2O.C8H7ClO.C6H9N3/c23-16-10-8-15(9-11-16)20-12-13-21(18-5-1-2-6-19(18)24)27(20)14-17-4-3-7-22(25)26-17;17-12-7-5-11(6-8-12)15(19)9-10-16(20)13-3-1-2-4-14(13)18;9-5-8(11)6-1-3-7(10)4-2-6;1-6(10)7-4-2-3-5-8(7)9;7-4-5-2-1-3-6(8)9-5/h1-13H,14H2,(H2,25,26);1-8H,9-10H2;1-4H,5H2;2-5H,1H3;1-3H,4,7H2,(H2,8,9). The minimum absolute atomic E-state index is 0.00519. The molecule has 9 rings (SSSR count). The van der Waals surface area contributed by atoms with Crippen molar-refractivity contribution in [2.24, 2.45) is 5.73 Å². The van der Waals surface area contributed by atoms with Gasteiger partial charge in [0.25, 0.3) is 0 Å². The lowest BCUT2D eigenvalue weighted by molar-refractivity contribution is 0.0917. The van der Waals surface area contributed by atoms with E-state index in [9.17, 15) is 19.2 Å². The Labute approximate surface area is 496 Å². The molecule has 0 aliphatic carbocycles. The molecule has 0 atom stereocenters. The summed E-state index contributed by atoms with van der Waals surface area (Å²) in [6.07, 6.45) is 0.352. The molecule has 0 aliphatic heterocycles. The zero-order chi connectivity index (χ0) is 55.9. The summed E-state index contributed by atoms with van der Waals surface area (Å²) in [5.41, 5.74) is 24.9. The lowest BCUT2D eigenvalue weighted by atomic mass is 10.0. The second kappa shape index (κ2) is 32.0. The fraction of sp³-hybridized carbons (Fsp3) is 0.100. The van der Waals surface area contributed by atoms with E-state index < -0.39 is 0 Å². The van der Waals surface area contributed by atoms with Crippen molar-refractivity contribution >= 4 is 133 Å². The number of nitrogens with two attached hydrogens (primary N) is 3. The Balaban J connectivity index is 0.000000191. The maximum Gasteiger partial charge on any atom is 0.173 e. The van der Waals surface area contributed by atoms with E-state index in [0.29, 0.717) is 56.8 Å². The Morgan fingerprint density at radius 1 is 0.481 bits per heavy atom. The molecule has 0 saturated carbocycles. The highest BCUT2D eigenvalue weighted by Crippen LogP contribution is 2.34. The molecule has 9 aromatic rings. The molecule has 3 heterocycles. The first-order valence-corrected chi connectivity index (χ1v) is 28.1. The van der Waals surface area contributed by atoms with E-state index in [-0.39, 0.29) is 36.0 Å². The molecule has 10 nitrogen and oxygen atoms in total. The van der Waals surface area contributed by atoms with Crippen LogP contribution in [0.5, 0.6) is 0 Å². The number of aromatic nitrogens is 3. The molecule has 394 valence electrons. The van der Waals surface area contributed by atoms with Gasteiger partial charge in [-0.05, 0) is 116 Å². The van der Waals surface area contributed by atoms with Crippen LogP contribution in [0.15, 0.2) is 208 Å². The van der Waals surface area contributed by atoms with Crippen LogP contribution in [0, 0.1) is 0 Å². The number of rotatable bonds is 13. The van der Waals surface area contributed by atoms with Crippen molar-refractivity contribution in [3.8, 4) is 22.5 Å².